The molecule has 1 aromatic heterocycles. The summed E-state index contributed by atoms with van der Waals surface area (Å²) >= 11 is 8.35. The predicted octanol–water partition coefficient (Wildman–Crippen LogP) is 3.53. The zero-order chi connectivity index (χ0) is 10.1. The fraction of sp³-hybridized carbons (Fsp3) is 0.100. The fourth-order valence-electron chi connectivity index (χ4n) is 1.40. The van der Waals surface area contributed by atoms with Crippen molar-refractivity contribution in [1.29, 1.82) is 0 Å². The van der Waals surface area contributed by atoms with Crippen molar-refractivity contribution in [2.45, 2.75) is 0 Å². The minimum absolute atomic E-state index is 0.692. The Morgan fingerprint density at radius 2 is 2.14 bits per heavy atom. The summed E-state index contributed by atoms with van der Waals surface area (Å²) in [6.07, 6.45) is 1.76. The number of fused-ring (bicyclic) bond motifs is 1. The molecule has 0 unspecified atom stereocenters. The van der Waals surface area contributed by atoms with Gasteiger partial charge >= 0.3 is 0 Å². The molecule has 0 amide bonds. The molecule has 0 bridgehead atoms. The van der Waals surface area contributed by atoms with Crippen molar-refractivity contribution < 1.29 is 0 Å². The third-order valence-corrected chi connectivity index (χ3v) is 3.27. The van der Waals surface area contributed by atoms with E-state index in [1.54, 1.807) is 6.20 Å². The van der Waals surface area contributed by atoms with Gasteiger partial charge in [0.05, 0.1) is 10.5 Å². The van der Waals surface area contributed by atoms with Crippen LogP contribution < -0.4 is 5.32 Å². The molecule has 72 valence electrons. The maximum atomic E-state index is 6.06. The van der Waals surface area contributed by atoms with Crippen LogP contribution in [0.1, 0.15) is 0 Å². The summed E-state index contributed by atoms with van der Waals surface area (Å²) < 4.78 is 1.15. The number of benzene rings is 1. The van der Waals surface area contributed by atoms with E-state index < -0.39 is 0 Å². The van der Waals surface area contributed by atoms with Crippen LogP contribution in [0, 0.1) is 3.57 Å². The van der Waals surface area contributed by atoms with Crippen LogP contribution in [0.25, 0.3) is 10.9 Å². The van der Waals surface area contributed by atoms with Gasteiger partial charge in [0, 0.05) is 27.9 Å². The fourth-order valence-corrected chi connectivity index (χ4v) is 2.33. The van der Waals surface area contributed by atoms with Crippen LogP contribution in [0.2, 0.25) is 5.02 Å². The summed E-state index contributed by atoms with van der Waals surface area (Å²) in [5.74, 6) is 0. The van der Waals surface area contributed by atoms with E-state index in [9.17, 15) is 0 Å². The molecule has 1 aromatic carbocycles. The summed E-state index contributed by atoms with van der Waals surface area (Å²) in [5, 5.41) is 4.91. The van der Waals surface area contributed by atoms with Crippen molar-refractivity contribution in [2.75, 3.05) is 12.4 Å². The Balaban J connectivity index is 2.92. The van der Waals surface area contributed by atoms with Crippen molar-refractivity contribution in [2.24, 2.45) is 0 Å². The standard InChI is InChI=1S/C10H8ClIN2/c1-13-8-4-5-14-10-6(11)2-3-7(12)9(8)10/h2-5H,1H3,(H,13,14). The van der Waals surface area contributed by atoms with Crippen LogP contribution in [0.15, 0.2) is 24.4 Å². The molecule has 2 rings (SSSR count). The lowest BCUT2D eigenvalue weighted by atomic mass is 10.2. The Hall–Kier alpha value is -0.550. The first kappa shape index (κ1) is 9.98. The van der Waals surface area contributed by atoms with Crippen molar-refractivity contribution in [3.05, 3.63) is 33.0 Å². The highest BCUT2D eigenvalue weighted by molar-refractivity contribution is 14.1. The predicted molar refractivity (Wildman–Crippen MR) is 69.0 cm³/mol. The second-order valence-electron chi connectivity index (χ2n) is 2.86. The van der Waals surface area contributed by atoms with Crippen molar-refractivity contribution in [3.63, 3.8) is 0 Å². The first-order valence-corrected chi connectivity index (χ1v) is 5.60. The number of hydrogen-bond donors (Lipinski definition) is 1. The third-order valence-electron chi connectivity index (χ3n) is 2.06. The minimum atomic E-state index is 0.692. The molecule has 2 nitrogen and oxygen atoms in total. The van der Waals surface area contributed by atoms with Crippen LogP contribution in [0.4, 0.5) is 5.69 Å². The number of aromatic nitrogens is 1. The highest BCUT2D eigenvalue weighted by Crippen LogP contribution is 2.30. The van der Waals surface area contributed by atoms with Crippen molar-refractivity contribution in [3.8, 4) is 0 Å². The summed E-state index contributed by atoms with van der Waals surface area (Å²) in [6.45, 7) is 0. The van der Waals surface area contributed by atoms with E-state index in [-0.39, 0.29) is 0 Å². The topological polar surface area (TPSA) is 24.9 Å². The molecule has 0 fully saturated rings. The summed E-state index contributed by atoms with van der Waals surface area (Å²) in [6, 6.07) is 5.81. The minimum Gasteiger partial charge on any atom is -0.387 e. The molecule has 1 N–H and O–H groups in total. The lowest BCUT2D eigenvalue weighted by molar-refractivity contribution is 1.39. The van der Waals surface area contributed by atoms with E-state index in [1.165, 1.54) is 0 Å². The van der Waals surface area contributed by atoms with Crippen LogP contribution in [-0.2, 0) is 0 Å². The molecular formula is C10H8ClIN2. The summed E-state index contributed by atoms with van der Waals surface area (Å²) in [4.78, 5) is 4.27. The highest BCUT2D eigenvalue weighted by Gasteiger charge is 2.07. The zero-order valence-electron chi connectivity index (χ0n) is 7.51. The van der Waals surface area contributed by atoms with E-state index in [1.807, 2.05) is 25.2 Å². The van der Waals surface area contributed by atoms with E-state index in [0.717, 1.165) is 20.2 Å². The molecule has 2 aromatic rings. The molecule has 0 aliphatic rings. The quantitative estimate of drug-likeness (QED) is 0.814. The Labute approximate surface area is 101 Å². The Bertz CT molecular complexity index is 485. The monoisotopic (exact) mass is 318 g/mol. The summed E-state index contributed by atoms with van der Waals surface area (Å²) in [5.41, 5.74) is 1.91. The average Bonchev–Trinajstić information content (AvgIpc) is 2.23. The van der Waals surface area contributed by atoms with Gasteiger partial charge in [-0.05, 0) is 40.8 Å². The largest absolute Gasteiger partial charge is 0.387 e. The van der Waals surface area contributed by atoms with Gasteiger partial charge in [-0.25, -0.2) is 0 Å². The van der Waals surface area contributed by atoms with E-state index in [0.29, 0.717) is 5.02 Å². The first-order chi connectivity index (χ1) is 6.74. The SMILES string of the molecule is CNc1ccnc2c(Cl)ccc(I)c12. The molecule has 1 heterocycles. The van der Waals surface area contributed by atoms with Gasteiger partial charge in [0.25, 0.3) is 0 Å². The molecule has 0 aliphatic heterocycles. The highest BCUT2D eigenvalue weighted by atomic mass is 127. The number of pyridine rings is 1. The van der Waals surface area contributed by atoms with E-state index in [4.69, 9.17) is 11.6 Å². The first-order valence-electron chi connectivity index (χ1n) is 4.14. The van der Waals surface area contributed by atoms with E-state index >= 15 is 0 Å². The Kier molecular flexibility index (Phi) is 2.78. The van der Waals surface area contributed by atoms with Gasteiger partial charge in [-0.2, -0.15) is 0 Å². The molecule has 0 radical (unpaired) electrons. The molecule has 0 saturated heterocycles. The zero-order valence-corrected chi connectivity index (χ0v) is 10.4. The normalized spacial score (nSPS) is 10.5. The molecule has 14 heavy (non-hydrogen) atoms. The molecule has 0 atom stereocenters. The van der Waals surface area contributed by atoms with Gasteiger partial charge in [0.15, 0.2) is 0 Å². The number of hydrogen-bond acceptors (Lipinski definition) is 2. The van der Waals surface area contributed by atoms with Crippen molar-refractivity contribution in [1.82, 2.24) is 4.98 Å². The molecule has 0 saturated carbocycles. The van der Waals surface area contributed by atoms with Gasteiger partial charge in [-0.1, -0.05) is 11.6 Å². The number of halogens is 2. The number of nitrogens with zero attached hydrogens (tertiary/aromatic N) is 1. The van der Waals surface area contributed by atoms with Crippen molar-refractivity contribution >= 4 is 50.8 Å². The second kappa shape index (κ2) is 3.90. The van der Waals surface area contributed by atoms with Crippen LogP contribution in [-0.4, -0.2) is 12.0 Å². The van der Waals surface area contributed by atoms with Gasteiger partial charge in [-0.15, -0.1) is 0 Å². The lowest BCUT2D eigenvalue weighted by Gasteiger charge is -2.07. The Morgan fingerprint density at radius 3 is 2.86 bits per heavy atom. The van der Waals surface area contributed by atoms with Gasteiger partial charge in [0.1, 0.15) is 0 Å². The van der Waals surface area contributed by atoms with Crippen LogP contribution in [0.5, 0.6) is 0 Å². The van der Waals surface area contributed by atoms with Gasteiger partial charge in [0.2, 0.25) is 0 Å². The Morgan fingerprint density at radius 1 is 1.36 bits per heavy atom. The van der Waals surface area contributed by atoms with Gasteiger partial charge in [-0.3, -0.25) is 4.98 Å². The van der Waals surface area contributed by atoms with Crippen LogP contribution in [0.3, 0.4) is 0 Å². The van der Waals surface area contributed by atoms with Crippen LogP contribution >= 0.6 is 34.2 Å². The van der Waals surface area contributed by atoms with Gasteiger partial charge < -0.3 is 5.32 Å². The number of anilines is 1. The summed E-state index contributed by atoms with van der Waals surface area (Å²) in [7, 11) is 1.89. The number of nitrogens with one attached hydrogen (secondary N) is 1. The lowest BCUT2D eigenvalue weighted by Crippen LogP contribution is -1.93. The average molecular weight is 319 g/mol. The third kappa shape index (κ3) is 1.54. The molecule has 0 spiro atoms. The maximum Gasteiger partial charge on any atom is 0.0919 e. The molecular weight excluding hydrogens is 310 g/mol. The number of rotatable bonds is 1. The van der Waals surface area contributed by atoms with E-state index in [2.05, 4.69) is 32.9 Å². The smallest absolute Gasteiger partial charge is 0.0919 e. The second-order valence-corrected chi connectivity index (χ2v) is 4.43. The maximum absolute atomic E-state index is 6.06. The molecule has 4 heteroatoms. The molecule has 0 aliphatic carbocycles.